The molecular formula is C14H16O3. The van der Waals surface area contributed by atoms with Crippen LogP contribution >= 0.6 is 0 Å². The van der Waals surface area contributed by atoms with Crippen LogP contribution in [0.15, 0.2) is 36.9 Å². The zero-order chi connectivity index (χ0) is 12.1. The van der Waals surface area contributed by atoms with Crippen molar-refractivity contribution >= 4 is 5.97 Å². The van der Waals surface area contributed by atoms with Gasteiger partial charge in [-0.1, -0.05) is 24.3 Å². The molecule has 0 aromatic heterocycles. The largest absolute Gasteiger partial charge is 0.426 e. The lowest BCUT2D eigenvalue weighted by Gasteiger charge is -2.24. The number of para-hydroxylation sites is 1. The summed E-state index contributed by atoms with van der Waals surface area (Å²) in [5.41, 5.74) is 0.964. The van der Waals surface area contributed by atoms with Gasteiger partial charge in [0.05, 0.1) is 12.5 Å². The van der Waals surface area contributed by atoms with Crippen molar-refractivity contribution in [2.24, 2.45) is 0 Å². The van der Waals surface area contributed by atoms with Crippen LogP contribution in [0.2, 0.25) is 0 Å². The molecule has 0 radical (unpaired) electrons. The van der Waals surface area contributed by atoms with Gasteiger partial charge in [0.2, 0.25) is 0 Å². The molecule has 1 aromatic carbocycles. The maximum atomic E-state index is 11.4. The number of rotatable bonds is 5. The number of unbranched alkanes of at least 4 members (excludes halogenated alkanes) is 1. The standard InChI is InChI=1S/C14H16O3/c1-2-3-6-9-16-13-10-14(15)17-12-8-5-4-7-11(12)13/h2,4-5,7-8,13H,1,3,6,9-10H2. The Hall–Kier alpha value is -1.61. The Bertz CT molecular complexity index is 412. The van der Waals surface area contributed by atoms with Gasteiger partial charge in [0.25, 0.3) is 0 Å². The Morgan fingerprint density at radius 1 is 1.47 bits per heavy atom. The fourth-order valence-corrected chi connectivity index (χ4v) is 1.87. The van der Waals surface area contributed by atoms with Gasteiger partial charge in [0, 0.05) is 12.2 Å². The van der Waals surface area contributed by atoms with E-state index in [0.29, 0.717) is 18.8 Å². The summed E-state index contributed by atoms with van der Waals surface area (Å²) in [7, 11) is 0. The van der Waals surface area contributed by atoms with Gasteiger partial charge >= 0.3 is 5.97 Å². The second-order valence-corrected chi connectivity index (χ2v) is 4.01. The molecule has 3 heteroatoms. The van der Waals surface area contributed by atoms with Gasteiger partial charge in [-0.15, -0.1) is 6.58 Å². The van der Waals surface area contributed by atoms with Gasteiger partial charge in [-0.25, -0.2) is 0 Å². The van der Waals surface area contributed by atoms with Gasteiger partial charge in [0.15, 0.2) is 0 Å². The molecule has 0 saturated carbocycles. The lowest BCUT2D eigenvalue weighted by molar-refractivity contribution is -0.139. The first-order valence-corrected chi connectivity index (χ1v) is 5.83. The highest BCUT2D eigenvalue weighted by Crippen LogP contribution is 2.34. The SMILES string of the molecule is C=CCCCOC1CC(=O)Oc2ccccc21. The molecule has 1 aromatic rings. The van der Waals surface area contributed by atoms with Crippen molar-refractivity contribution in [2.45, 2.75) is 25.4 Å². The third-order valence-corrected chi connectivity index (χ3v) is 2.71. The first-order chi connectivity index (χ1) is 8.31. The molecule has 17 heavy (non-hydrogen) atoms. The average molecular weight is 232 g/mol. The molecule has 90 valence electrons. The van der Waals surface area contributed by atoms with Crippen molar-refractivity contribution in [1.82, 2.24) is 0 Å². The number of benzene rings is 1. The van der Waals surface area contributed by atoms with Crippen LogP contribution in [0.3, 0.4) is 0 Å². The fraction of sp³-hybridized carbons (Fsp3) is 0.357. The molecular weight excluding hydrogens is 216 g/mol. The number of fused-ring (bicyclic) bond motifs is 1. The quantitative estimate of drug-likeness (QED) is 0.339. The fourth-order valence-electron chi connectivity index (χ4n) is 1.87. The summed E-state index contributed by atoms with van der Waals surface area (Å²) in [4.78, 5) is 11.4. The number of allylic oxidation sites excluding steroid dienone is 1. The second-order valence-electron chi connectivity index (χ2n) is 4.01. The van der Waals surface area contributed by atoms with Crippen LogP contribution < -0.4 is 4.74 Å². The summed E-state index contributed by atoms with van der Waals surface area (Å²) in [5.74, 6) is 0.398. The van der Waals surface area contributed by atoms with Crippen molar-refractivity contribution in [3.63, 3.8) is 0 Å². The third-order valence-electron chi connectivity index (χ3n) is 2.71. The number of ether oxygens (including phenoxy) is 2. The highest BCUT2D eigenvalue weighted by Gasteiger charge is 2.26. The highest BCUT2D eigenvalue weighted by molar-refractivity contribution is 5.76. The molecule has 0 spiro atoms. The summed E-state index contributed by atoms with van der Waals surface area (Å²) < 4.78 is 10.9. The van der Waals surface area contributed by atoms with E-state index in [2.05, 4.69) is 6.58 Å². The van der Waals surface area contributed by atoms with E-state index in [0.717, 1.165) is 18.4 Å². The minimum absolute atomic E-state index is 0.169. The topological polar surface area (TPSA) is 35.5 Å². The molecule has 0 N–H and O–H groups in total. The van der Waals surface area contributed by atoms with Gasteiger partial charge in [-0.05, 0) is 18.9 Å². The summed E-state index contributed by atoms with van der Waals surface area (Å²) in [6.07, 6.45) is 3.85. The second kappa shape index (κ2) is 5.64. The molecule has 1 aliphatic heterocycles. The van der Waals surface area contributed by atoms with Crippen molar-refractivity contribution in [2.75, 3.05) is 6.61 Å². The summed E-state index contributed by atoms with van der Waals surface area (Å²) in [6, 6.07) is 7.52. The molecule has 0 bridgehead atoms. The molecule has 0 saturated heterocycles. The molecule has 1 unspecified atom stereocenters. The number of hydrogen-bond donors (Lipinski definition) is 0. The Morgan fingerprint density at radius 2 is 2.29 bits per heavy atom. The van der Waals surface area contributed by atoms with E-state index in [9.17, 15) is 4.79 Å². The van der Waals surface area contributed by atoms with Crippen LogP contribution in [0.25, 0.3) is 0 Å². The molecule has 0 amide bonds. The number of carbonyl (C=O) groups is 1. The average Bonchev–Trinajstić information content (AvgIpc) is 2.34. The van der Waals surface area contributed by atoms with Crippen molar-refractivity contribution in [3.05, 3.63) is 42.5 Å². The minimum atomic E-state index is -0.225. The Morgan fingerprint density at radius 3 is 3.12 bits per heavy atom. The number of hydrogen-bond acceptors (Lipinski definition) is 3. The van der Waals surface area contributed by atoms with E-state index < -0.39 is 0 Å². The number of carbonyl (C=O) groups excluding carboxylic acids is 1. The van der Waals surface area contributed by atoms with E-state index in [1.165, 1.54) is 0 Å². The van der Waals surface area contributed by atoms with Crippen LogP contribution in [-0.2, 0) is 9.53 Å². The highest BCUT2D eigenvalue weighted by atomic mass is 16.5. The van der Waals surface area contributed by atoms with Crippen LogP contribution in [0.4, 0.5) is 0 Å². The zero-order valence-corrected chi connectivity index (χ0v) is 9.72. The molecule has 0 aliphatic carbocycles. The first-order valence-electron chi connectivity index (χ1n) is 5.83. The maximum absolute atomic E-state index is 11.4. The third kappa shape index (κ3) is 2.94. The van der Waals surface area contributed by atoms with Crippen molar-refractivity contribution < 1.29 is 14.3 Å². The van der Waals surface area contributed by atoms with Crippen molar-refractivity contribution in [1.29, 1.82) is 0 Å². The van der Waals surface area contributed by atoms with Gasteiger partial charge in [0.1, 0.15) is 5.75 Å². The molecule has 3 nitrogen and oxygen atoms in total. The molecule has 1 atom stereocenters. The van der Waals surface area contributed by atoms with Gasteiger partial charge in [-0.2, -0.15) is 0 Å². The predicted octanol–water partition coefficient (Wildman–Crippen LogP) is 3.02. The Kier molecular flexibility index (Phi) is 3.94. The zero-order valence-electron chi connectivity index (χ0n) is 9.72. The molecule has 0 fully saturated rings. The van der Waals surface area contributed by atoms with E-state index in [1.54, 1.807) is 6.07 Å². The predicted molar refractivity (Wildman–Crippen MR) is 64.8 cm³/mol. The van der Waals surface area contributed by atoms with Gasteiger partial charge in [-0.3, -0.25) is 4.79 Å². The smallest absolute Gasteiger partial charge is 0.314 e. The lowest BCUT2D eigenvalue weighted by atomic mass is 10.0. The van der Waals surface area contributed by atoms with Crippen LogP contribution in [-0.4, -0.2) is 12.6 Å². The van der Waals surface area contributed by atoms with E-state index in [4.69, 9.17) is 9.47 Å². The van der Waals surface area contributed by atoms with Crippen LogP contribution in [0.5, 0.6) is 5.75 Å². The number of esters is 1. The van der Waals surface area contributed by atoms with E-state index in [-0.39, 0.29) is 12.1 Å². The Labute approximate surface area is 101 Å². The molecule has 1 aliphatic rings. The first kappa shape index (κ1) is 11.9. The normalized spacial score (nSPS) is 18.4. The molecule has 2 rings (SSSR count). The summed E-state index contributed by atoms with van der Waals surface area (Å²) >= 11 is 0. The van der Waals surface area contributed by atoms with Crippen LogP contribution in [0.1, 0.15) is 30.9 Å². The van der Waals surface area contributed by atoms with Crippen LogP contribution in [0, 0.1) is 0 Å². The Balaban J connectivity index is 2.02. The monoisotopic (exact) mass is 232 g/mol. The lowest BCUT2D eigenvalue weighted by Crippen LogP contribution is -2.22. The summed E-state index contributed by atoms with van der Waals surface area (Å²) in [6.45, 7) is 4.30. The summed E-state index contributed by atoms with van der Waals surface area (Å²) in [5, 5.41) is 0. The van der Waals surface area contributed by atoms with Crippen molar-refractivity contribution in [3.8, 4) is 5.75 Å². The maximum Gasteiger partial charge on any atom is 0.314 e. The van der Waals surface area contributed by atoms with E-state index in [1.807, 2.05) is 24.3 Å². The van der Waals surface area contributed by atoms with Gasteiger partial charge < -0.3 is 9.47 Å². The van der Waals surface area contributed by atoms with E-state index >= 15 is 0 Å². The minimum Gasteiger partial charge on any atom is -0.426 e. The molecule has 1 heterocycles.